The van der Waals surface area contributed by atoms with Crippen LogP contribution >= 0.6 is 12.4 Å². The summed E-state index contributed by atoms with van der Waals surface area (Å²) in [7, 11) is 0. The van der Waals surface area contributed by atoms with Crippen molar-refractivity contribution in [3.63, 3.8) is 0 Å². The molecule has 0 aliphatic rings. The summed E-state index contributed by atoms with van der Waals surface area (Å²) in [5, 5.41) is 9.59. The Hall–Kier alpha value is -0.640. The van der Waals surface area contributed by atoms with Crippen molar-refractivity contribution in [3.05, 3.63) is 35.6 Å². The Bertz CT molecular complexity index is 281. The molecular weight excluding hydrogens is 205 g/mol. The molecule has 2 nitrogen and oxygen atoms in total. The van der Waals surface area contributed by atoms with E-state index in [0.29, 0.717) is 0 Å². The Morgan fingerprint density at radius 1 is 1.29 bits per heavy atom. The highest BCUT2D eigenvalue weighted by molar-refractivity contribution is 5.85. The van der Waals surface area contributed by atoms with Gasteiger partial charge in [-0.25, -0.2) is 4.39 Å². The first-order chi connectivity index (χ1) is 5.91. The van der Waals surface area contributed by atoms with Crippen LogP contribution in [0.2, 0.25) is 0 Å². The van der Waals surface area contributed by atoms with E-state index in [-0.39, 0.29) is 18.2 Å². The topological polar surface area (TPSA) is 46.2 Å². The molecule has 1 unspecified atom stereocenters. The van der Waals surface area contributed by atoms with Crippen molar-refractivity contribution in [2.45, 2.75) is 25.5 Å². The van der Waals surface area contributed by atoms with Crippen LogP contribution in [0.15, 0.2) is 24.3 Å². The van der Waals surface area contributed by atoms with Crippen molar-refractivity contribution in [3.8, 4) is 0 Å². The molecule has 0 spiro atoms. The zero-order valence-corrected chi connectivity index (χ0v) is 9.01. The fourth-order valence-electron chi connectivity index (χ4n) is 1.08. The van der Waals surface area contributed by atoms with Crippen LogP contribution in [0.1, 0.15) is 25.5 Å². The smallest absolute Gasteiger partial charge is 0.123 e. The fraction of sp³-hybridized carbons (Fsp3) is 0.400. The lowest BCUT2D eigenvalue weighted by atomic mass is 9.93. The number of rotatable bonds is 2. The minimum atomic E-state index is -0.988. The summed E-state index contributed by atoms with van der Waals surface area (Å²) in [6.07, 6.45) is 0. The van der Waals surface area contributed by atoms with Gasteiger partial charge in [-0.15, -0.1) is 12.4 Å². The number of hydrogen-bond donors (Lipinski definition) is 2. The van der Waals surface area contributed by atoms with E-state index < -0.39 is 11.6 Å². The Morgan fingerprint density at radius 3 is 2.07 bits per heavy atom. The van der Waals surface area contributed by atoms with E-state index in [0.717, 1.165) is 5.56 Å². The number of hydrogen-bond acceptors (Lipinski definition) is 2. The van der Waals surface area contributed by atoms with Crippen molar-refractivity contribution in [1.82, 2.24) is 0 Å². The van der Waals surface area contributed by atoms with Gasteiger partial charge in [0.05, 0.1) is 11.6 Å². The summed E-state index contributed by atoms with van der Waals surface area (Å²) >= 11 is 0. The molecule has 0 aromatic heterocycles. The van der Waals surface area contributed by atoms with E-state index in [1.165, 1.54) is 12.1 Å². The molecule has 3 N–H and O–H groups in total. The largest absolute Gasteiger partial charge is 0.388 e. The summed E-state index contributed by atoms with van der Waals surface area (Å²) < 4.78 is 12.5. The van der Waals surface area contributed by atoms with Gasteiger partial charge in [0.25, 0.3) is 0 Å². The molecule has 1 atom stereocenters. The van der Waals surface area contributed by atoms with E-state index in [1.54, 1.807) is 26.0 Å². The van der Waals surface area contributed by atoms with Gasteiger partial charge in [-0.2, -0.15) is 0 Å². The molecule has 4 heteroatoms. The molecule has 0 fully saturated rings. The Balaban J connectivity index is 0.00000169. The van der Waals surface area contributed by atoms with Crippen molar-refractivity contribution in [2.24, 2.45) is 5.73 Å². The standard InChI is InChI=1S/C10H14FNO.ClH/c1-10(2,13)9(12)7-3-5-8(11)6-4-7;/h3-6,9,13H,12H2,1-2H3;1H. The minimum absolute atomic E-state index is 0. The van der Waals surface area contributed by atoms with Crippen LogP contribution in [0.5, 0.6) is 0 Å². The molecule has 1 aromatic rings. The van der Waals surface area contributed by atoms with Crippen molar-refractivity contribution in [2.75, 3.05) is 0 Å². The van der Waals surface area contributed by atoms with Gasteiger partial charge in [0.15, 0.2) is 0 Å². The minimum Gasteiger partial charge on any atom is -0.388 e. The second-order valence-electron chi connectivity index (χ2n) is 3.68. The third-order valence-electron chi connectivity index (χ3n) is 1.99. The molecule has 0 saturated carbocycles. The Kier molecular flexibility index (Phi) is 4.52. The second-order valence-corrected chi connectivity index (χ2v) is 3.68. The number of halogens is 2. The molecule has 1 rings (SSSR count). The molecule has 1 aromatic carbocycles. The van der Waals surface area contributed by atoms with Gasteiger partial charge in [0, 0.05) is 0 Å². The van der Waals surface area contributed by atoms with E-state index in [9.17, 15) is 9.50 Å². The van der Waals surface area contributed by atoms with E-state index in [1.807, 2.05) is 0 Å². The summed E-state index contributed by atoms with van der Waals surface area (Å²) in [6, 6.07) is 5.34. The van der Waals surface area contributed by atoms with Crippen LogP contribution in [0.4, 0.5) is 4.39 Å². The summed E-state index contributed by atoms with van der Waals surface area (Å²) in [6.45, 7) is 3.25. The van der Waals surface area contributed by atoms with Gasteiger partial charge < -0.3 is 10.8 Å². The van der Waals surface area contributed by atoms with Gasteiger partial charge in [-0.3, -0.25) is 0 Å². The monoisotopic (exact) mass is 219 g/mol. The van der Waals surface area contributed by atoms with Crippen LogP contribution in [0, 0.1) is 5.82 Å². The highest BCUT2D eigenvalue weighted by atomic mass is 35.5. The summed E-state index contributed by atoms with van der Waals surface area (Å²) in [5.41, 5.74) is 5.49. The number of nitrogens with two attached hydrogens (primary N) is 1. The lowest BCUT2D eigenvalue weighted by Crippen LogP contribution is -2.34. The van der Waals surface area contributed by atoms with Crippen LogP contribution in [0.25, 0.3) is 0 Å². The van der Waals surface area contributed by atoms with Gasteiger partial charge in [-0.05, 0) is 31.5 Å². The first kappa shape index (κ1) is 13.4. The molecule has 0 heterocycles. The fourth-order valence-corrected chi connectivity index (χ4v) is 1.08. The number of benzene rings is 1. The molecule has 0 amide bonds. The summed E-state index contributed by atoms with van der Waals surface area (Å²) in [4.78, 5) is 0. The van der Waals surface area contributed by atoms with Gasteiger partial charge in [0.1, 0.15) is 5.82 Å². The molecule has 0 radical (unpaired) electrons. The number of aliphatic hydroxyl groups is 1. The predicted octanol–water partition coefficient (Wildman–Crippen LogP) is 2.02. The maximum absolute atomic E-state index is 12.5. The third kappa shape index (κ3) is 3.25. The molecular formula is C10H15ClFNO. The normalized spacial score (nSPS) is 13.2. The third-order valence-corrected chi connectivity index (χ3v) is 1.99. The summed E-state index contributed by atoms with van der Waals surface area (Å²) in [5.74, 6) is -0.299. The maximum Gasteiger partial charge on any atom is 0.123 e. The molecule has 14 heavy (non-hydrogen) atoms. The quantitative estimate of drug-likeness (QED) is 0.800. The first-order valence-electron chi connectivity index (χ1n) is 4.14. The van der Waals surface area contributed by atoms with Crippen LogP contribution < -0.4 is 5.73 Å². The molecule has 0 aliphatic heterocycles. The highest BCUT2D eigenvalue weighted by Gasteiger charge is 2.24. The van der Waals surface area contributed by atoms with Crippen molar-refractivity contribution >= 4 is 12.4 Å². The van der Waals surface area contributed by atoms with Crippen molar-refractivity contribution < 1.29 is 9.50 Å². The Labute approximate surface area is 89.3 Å². The van der Waals surface area contributed by atoms with Crippen LogP contribution in [-0.4, -0.2) is 10.7 Å². The molecule has 80 valence electrons. The lowest BCUT2D eigenvalue weighted by molar-refractivity contribution is 0.0517. The zero-order valence-electron chi connectivity index (χ0n) is 8.20. The van der Waals surface area contributed by atoms with Gasteiger partial charge in [-0.1, -0.05) is 12.1 Å². The van der Waals surface area contributed by atoms with E-state index in [4.69, 9.17) is 5.73 Å². The van der Waals surface area contributed by atoms with Gasteiger partial charge >= 0.3 is 0 Å². The second kappa shape index (κ2) is 4.73. The van der Waals surface area contributed by atoms with E-state index in [2.05, 4.69) is 0 Å². The SMILES string of the molecule is CC(C)(O)C(N)c1ccc(F)cc1.Cl. The van der Waals surface area contributed by atoms with E-state index >= 15 is 0 Å². The average Bonchev–Trinajstić information content (AvgIpc) is 2.03. The van der Waals surface area contributed by atoms with Crippen molar-refractivity contribution in [1.29, 1.82) is 0 Å². The van der Waals surface area contributed by atoms with Crippen LogP contribution in [-0.2, 0) is 0 Å². The Morgan fingerprint density at radius 2 is 1.71 bits per heavy atom. The first-order valence-corrected chi connectivity index (χ1v) is 4.14. The molecule has 0 bridgehead atoms. The maximum atomic E-state index is 12.5. The highest BCUT2D eigenvalue weighted by Crippen LogP contribution is 2.22. The van der Waals surface area contributed by atoms with Gasteiger partial charge in [0.2, 0.25) is 0 Å². The average molecular weight is 220 g/mol. The predicted molar refractivity (Wildman–Crippen MR) is 56.9 cm³/mol. The molecule has 0 aliphatic carbocycles. The molecule has 0 saturated heterocycles. The van der Waals surface area contributed by atoms with Crippen LogP contribution in [0.3, 0.4) is 0 Å². The lowest BCUT2D eigenvalue weighted by Gasteiger charge is -2.25. The zero-order chi connectivity index (χ0) is 10.1.